The van der Waals surface area contributed by atoms with Crippen molar-refractivity contribution in [1.29, 1.82) is 0 Å². The van der Waals surface area contributed by atoms with Crippen LogP contribution in [0.1, 0.15) is 32.1 Å². The predicted octanol–water partition coefficient (Wildman–Crippen LogP) is 1.14. The number of nitrogens with one attached hydrogen (secondary N) is 2. The molecule has 2 N–H and O–H groups in total. The van der Waals surface area contributed by atoms with Gasteiger partial charge in [0.25, 0.3) is 0 Å². The van der Waals surface area contributed by atoms with Crippen LogP contribution in [0.5, 0.6) is 0 Å². The third-order valence-corrected chi connectivity index (χ3v) is 4.28. The lowest BCUT2D eigenvalue weighted by Crippen LogP contribution is -2.43. The lowest BCUT2D eigenvalue weighted by Gasteiger charge is -2.23. The van der Waals surface area contributed by atoms with Gasteiger partial charge in [-0.1, -0.05) is 12.8 Å². The van der Waals surface area contributed by atoms with Gasteiger partial charge in [0.2, 0.25) is 5.91 Å². The topological polar surface area (TPSA) is 41.1 Å². The summed E-state index contributed by atoms with van der Waals surface area (Å²) in [6.45, 7) is 1.05. The number of amides is 1. The van der Waals surface area contributed by atoms with Gasteiger partial charge in [0.15, 0.2) is 0 Å². The molecule has 1 amide bonds. The summed E-state index contributed by atoms with van der Waals surface area (Å²) in [5, 5.41) is 6.53. The van der Waals surface area contributed by atoms with Crippen molar-refractivity contribution in [2.45, 2.75) is 44.2 Å². The van der Waals surface area contributed by atoms with E-state index in [1.165, 1.54) is 31.4 Å². The standard InChI is InChI=1S/C11H20N2OS/c14-11(13-9-3-1-2-4-9)7-10-8-15-6-5-12-10/h9-10,12H,1-8H2,(H,13,14). The van der Waals surface area contributed by atoms with Gasteiger partial charge < -0.3 is 10.6 Å². The lowest BCUT2D eigenvalue weighted by atomic mass is 10.2. The number of thioether (sulfide) groups is 1. The maximum absolute atomic E-state index is 11.7. The molecule has 0 radical (unpaired) electrons. The van der Waals surface area contributed by atoms with Gasteiger partial charge in [0.1, 0.15) is 0 Å². The molecule has 0 spiro atoms. The molecule has 15 heavy (non-hydrogen) atoms. The number of hydrogen-bond donors (Lipinski definition) is 2. The molecule has 2 rings (SSSR count). The quantitative estimate of drug-likeness (QED) is 0.761. The van der Waals surface area contributed by atoms with Gasteiger partial charge >= 0.3 is 0 Å². The largest absolute Gasteiger partial charge is 0.353 e. The summed E-state index contributed by atoms with van der Waals surface area (Å²) >= 11 is 1.95. The van der Waals surface area contributed by atoms with Crippen LogP contribution in [0.15, 0.2) is 0 Å². The van der Waals surface area contributed by atoms with Crippen molar-refractivity contribution in [1.82, 2.24) is 10.6 Å². The van der Waals surface area contributed by atoms with Gasteiger partial charge in [-0.3, -0.25) is 4.79 Å². The Kier molecular flexibility index (Phi) is 4.32. The van der Waals surface area contributed by atoms with Gasteiger partial charge in [-0.05, 0) is 12.8 Å². The van der Waals surface area contributed by atoms with Gasteiger partial charge in [-0.15, -0.1) is 0 Å². The molecular weight excluding hydrogens is 208 g/mol. The summed E-state index contributed by atoms with van der Waals surface area (Å²) in [6.07, 6.45) is 5.58. The maximum atomic E-state index is 11.7. The fraction of sp³-hybridized carbons (Fsp3) is 0.909. The molecule has 1 atom stereocenters. The molecule has 86 valence electrons. The van der Waals surface area contributed by atoms with E-state index in [0.29, 0.717) is 18.5 Å². The van der Waals surface area contributed by atoms with E-state index in [1.807, 2.05) is 11.8 Å². The molecule has 0 aromatic heterocycles. The highest BCUT2D eigenvalue weighted by atomic mass is 32.2. The van der Waals surface area contributed by atoms with Crippen molar-refractivity contribution in [2.24, 2.45) is 0 Å². The lowest BCUT2D eigenvalue weighted by molar-refractivity contribution is -0.122. The molecule has 2 fully saturated rings. The van der Waals surface area contributed by atoms with Crippen LogP contribution in [0.2, 0.25) is 0 Å². The van der Waals surface area contributed by atoms with Crippen LogP contribution < -0.4 is 10.6 Å². The summed E-state index contributed by atoms with van der Waals surface area (Å²) in [5.41, 5.74) is 0. The molecule has 3 nitrogen and oxygen atoms in total. The number of carbonyl (C=O) groups is 1. The summed E-state index contributed by atoms with van der Waals surface area (Å²) < 4.78 is 0. The van der Waals surface area contributed by atoms with E-state index in [2.05, 4.69) is 10.6 Å². The number of rotatable bonds is 3. The third kappa shape index (κ3) is 3.68. The van der Waals surface area contributed by atoms with Gasteiger partial charge in [0, 0.05) is 36.6 Å². The Hall–Kier alpha value is -0.220. The monoisotopic (exact) mass is 228 g/mol. The highest BCUT2D eigenvalue weighted by molar-refractivity contribution is 7.99. The molecule has 1 heterocycles. The van der Waals surface area contributed by atoms with Gasteiger partial charge in [-0.2, -0.15) is 11.8 Å². The van der Waals surface area contributed by atoms with Crippen LogP contribution in [0.25, 0.3) is 0 Å². The fourth-order valence-electron chi connectivity index (χ4n) is 2.33. The third-order valence-electron chi connectivity index (χ3n) is 3.15. The van der Waals surface area contributed by atoms with Crippen LogP contribution >= 0.6 is 11.8 Å². The number of carbonyl (C=O) groups excluding carboxylic acids is 1. The van der Waals surface area contributed by atoms with Gasteiger partial charge in [-0.25, -0.2) is 0 Å². The van der Waals surface area contributed by atoms with Crippen LogP contribution in [-0.2, 0) is 4.79 Å². The summed E-state index contributed by atoms with van der Waals surface area (Å²) in [6, 6.07) is 0.860. The van der Waals surface area contributed by atoms with E-state index in [4.69, 9.17) is 0 Å². The highest BCUT2D eigenvalue weighted by Crippen LogP contribution is 2.18. The second-order valence-corrected chi connectivity index (χ2v) is 5.63. The fourth-order valence-corrected chi connectivity index (χ4v) is 3.28. The highest BCUT2D eigenvalue weighted by Gasteiger charge is 2.20. The van der Waals surface area contributed by atoms with E-state index in [9.17, 15) is 4.79 Å². The van der Waals surface area contributed by atoms with Crippen molar-refractivity contribution in [3.05, 3.63) is 0 Å². The Bertz CT molecular complexity index is 211. The van der Waals surface area contributed by atoms with Crippen molar-refractivity contribution in [3.63, 3.8) is 0 Å². The first-order valence-corrected chi connectivity index (χ1v) is 7.10. The van der Waals surface area contributed by atoms with E-state index >= 15 is 0 Å². The smallest absolute Gasteiger partial charge is 0.221 e. The zero-order chi connectivity index (χ0) is 10.5. The first kappa shape index (κ1) is 11.3. The number of hydrogen-bond acceptors (Lipinski definition) is 3. The first-order chi connectivity index (χ1) is 7.34. The van der Waals surface area contributed by atoms with Crippen molar-refractivity contribution in [2.75, 3.05) is 18.1 Å². The summed E-state index contributed by atoms with van der Waals surface area (Å²) in [5.74, 6) is 2.50. The SMILES string of the molecule is O=C(CC1CSCCN1)NC1CCCC1. The molecule has 2 aliphatic rings. The molecule has 4 heteroatoms. The average Bonchev–Trinajstić information content (AvgIpc) is 2.71. The Morgan fingerprint density at radius 3 is 2.87 bits per heavy atom. The second kappa shape index (κ2) is 5.75. The van der Waals surface area contributed by atoms with Crippen molar-refractivity contribution in [3.8, 4) is 0 Å². The molecule has 1 saturated heterocycles. The maximum Gasteiger partial charge on any atom is 0.221 e. The molecule has 0 aromatic rings. The molecule has 1 unspecified atom stereocenters. The van der Waals surface area contributed by atoms with Crippen LogP contribution in [-0.4, -0.2) is 36.0 Å². The molecular formula is C11H20N2OS. The Morgan fingerprint density at radius 2 is 2.20 bits per heavy atom. The molecule has 1 saturated carbocycles. The second-order valence-electron chi connectivity index (χ2n) is 4.48. The zero-order valence-corrected chi connectivity index (χ0v) is 9.94. The molecule has 1 aliphatic carbocycles. The van der Waals surface area contributed by atoms with E-state index < -0.39 is 0 Å². The average molecular weight is 228 g/mol. The molecule has 0 bridgehead atoms. The summed E-state index contributed by atoms with van der Waals surface area (Å²) in [4.78, 5) is 11.7. The van der Waals surface area contributed by atoms with E-state index in [1.54, 1.807) is 0 Å². The minimum Gasteiger partial charge on any atom is -0.353 e. The van der Waals surface area contributed by atoms with Crippen molar-refractivity contribution >= 4 is 17.7 Å². The zero-order valence-electron chi connectivity index (χ0n) is 9.13. The van der Waals surface area contributed by atoms with Crippen LogP contribution in [0.3, 0.4) is 0 Å². The predicted molar refractivity (Wildman–Crippen MR) is 64.1 cm³/mol. The van der Waals surface area contributed by atoms with Crippen LogP contribution in [0, 0.1) is 0 Å². The molecule has 0 aromatic carbocycles. The van der Waals surface area contributed by atoms with Crippen LogP contribution in [0.4, 0.5) is 0 Å². The molecule has 1 aliphatic heterocycles. The first-order valence-electron chi connectivity index (χ1n) is 5.95. The minimum absolute atomic E-state index is 0.238. The van der Waals surface area contributed by atoms with E-state index in [-0.39, 0.29) is 5.91 Å². The van der Waals surface area contributed by atoms with Crippen molar-refractivity contribution < 1.29 is 4.79 Å². The minimum atomic E-state index is 0.238. The Labute approximate surface area is 95.8 Å². The normalized spacial score (nSPS) is 27.9. The Balaban J connectivity index is 1.66. The Morgan fingerprint density at radius 1 is 1.40 bits per heavy atom. The van der Waals surface area contributed by atoms with E-state index in [0.717, 1.165) is 12.3 Å². The van der Waals surface area contributed by atoms with Gasteiger partial charge in [0.05, 0.1) is 0 Å². The summed E-state index contributed by atoms with van der Waals surface area (Å²) in [7, 11) is 0.